The molecule has 0 aromatic carbocycles. The predicted octanol–water partition coefficient (Wildman–Crippen LogP) is 0.185. The summed E-state index contributed by atoms with van der Waals surface area (Å²) in [4.78, 5) is 22.3. The highest BCUT2D eigenvalue weighted by molar-refractivity contribution is 6.31. The van der Waals surface area contributed by atoms with E-state index in [0.717, 1.165) is 6.42 Å². The van der Waals surface area contributed by atoms with Crippen LogP contribution in [0, 0.1) is 11.8 Å². The van der Waals surface area contributed by atoms with Crippen molar-refractivity contribution in [2.24, 2.45) is 11.8 Å². The van der Waals surface area contributed by atoms with Gasteiger partial charge in [-0.3, -0.25) is 4.79 Å². The van der Waals surface area contributed by atoms with E-state index < -0.39 is 11.9 Å². The summed E-state index contributed by atoms with van der Waals surface area (Å²) in [6.07, 6.45) is 1.11. The number of carboxylic acid groups (broad SMARTS) is 1. The summed E-state index contributed by atoms with van der Waals surface area (Å²) in [5, 5.41) is 8.36. The molecule has 0 spiro atoms. The Morgan fingerprint density at radius 2 is 2.08 bits per heavy atom. The van der Waals surface area contributed by atoms with Crippen molar-refractivity contribution in [3.05, 3.63) is 0 Å². The maximum absolute atomic E-state index is 10.8. The lowest BCUT2D eigenvalue weighted by molar-refractivity contribution is -0.155. The van der Waals surface area contributed by atoms with Gasteiger partial charge in [0.25, 0.3) is 0 Å². The monoisotopic (exact) mass is 171 g/mol. The molecule has 0 aromatic rings. The van der Waals surface area contributed by atoms with Gasteiger partial charge in [0.1, 0.15) is 0 Å². The van der Waals surface area contributed by atoms with Crippen molar-refractivity contribution in [3.63, 3.8) is 0 Å². The van der Waals surface area contributed by atoms with E-state index in [2.05, 4.69) is 6.92 Å². The van der Waals surface area contributed by atoms with E-state index in [1.807, 2.05) is 0 Å². The molecule has 4 nitrogen and oxygen atoms in total. The van der Waals surface area contributed by atoms with Gasteiger partial charge in [0.15, 0.2) is 0 Å². The van der Waals surface area contributed by atoms with Crippen LogP contribution in [0.25, 0.3) is 0 Å². The molecule has 0 radical (unpaired) electrons. The number of aliphatic carboxylic acids is 1. The molecule has 4 heteroatoms. The summed E-state index contributed by atoms with van der Waals surface area (Å²) in [7, 11) is 1.53. The highest BCUT2D eigenvalue weighted by Gasteiger charge is 2.35. The molecular weight excluding hydrogens is 158 g/mol. The Morgan fingerprint density at radius 1 is 1.58 bits per heavy atom. The number of hydrogen-bond donors (Lipinski definition) is 1. The molecule has 1 N–H and O–H groups in total. The number of carbonyl (C=O) groups is 2. The lowest BCUT2D eigenvalue weighted by Gasteiger charge is -2.13. The Labute approximate surface area is 71.2 Å². The van der Waals surface area contributed by atoms with Crippen LogP contribution in [-0.2, 0) is 9.59 Å². The van der Waals surface area contributed by atoms with Crippen LogP contribution in [0.1, 0.15) is 13.3 Å². The summed E-state index contributed by atoms with van der Waals surface area (Å²) < 4.78 is 0. The molecule has 2 unspecified atom stereocenters. The van der Waals surface area contributed by atoms with E-state index in [1.165, 1.54) is 11.9 Å². The first-order valence-electron chi connectivity index (χ1n) is 4.00. The largest absolute Gasteiger partial charge is 0.474 e. The van der Waals surface area contributed by atoms with Crippen molar-refractivity contribution in [1.29, 1.82) is 0 Å². The van der Waals surface area contributed by atoms with Crippen LogP contribution < -0.4 is 0 Å². The molecule has 12 heavy (non-hydrogen) atoms. The third-order valence-corrected chi connectivity index (χ3v) is 2.31. The normalized spacial score (nSPS) is 26.5. The standard InChI is InChI=1S/C8H13NO3/c1-5-3-6(5)4-9(2)7(10)8(11)12/h5-6H,3-4H2,1-2H3,(H,11,12). The molecule has 1 fully saturated rings. The Bertz CT molecular complexity index is 214. The highest BCUT2D eigenvalue weighted by atomic mass is 16.4. The van der Waals surface area contributed by atoms with Crippen LogP contribution in [0.4, 0.5) is 0 Å². The molecule has 0 bridgehead atoms. The zero-order chi connectivity index (χ0) is 9.30. The van der Waals surface area contributed by atoms with Gasteiger partial charge in [-0.05, 0) is 18.3 Å². The van der Waals surface area contributed by atoms with Gasteiger partial charge in [-0.2, -0.15) is 0 Å². The van der Waals surface area contributed by atoms with Crippen LogP contribution in [0.15, 0.2) is 0 Å². The van der Waals surface area contributed by atoms with Crippen molar-refractivity contribution < 1.29 is 14.7 Å². The Balaban J connectivity index is 2.32. The van der Waals surface area contributed by atoms with Gasteiger partial charge >= 0.3 is 11.9 Å². The van der Waals surface area contributed by atoms with E-state index in [0.29, 0.717) is 18.4 Å². The van der Waals surface area contributed by atoms with Crippen LogP contribution >= 0.6 is 0 Å². The molecule has 0 heterocycles. The summed E-state index contributed by atoms with van der Waals surface area (Å²) >= 11 is 0. The van der Waals surface area contributed by atoms with E-state index in [4.69, 9.17) is 5.11 Å². The number of carboxylic acids is 1. The van der Waals surface area contributed by atoms with Gasteiger partial charge in [0.05, 0.1) is 0 Å². The average molecular weight is 171 g/mol. The second kappa shape index (κ2) is 3.13. The van der Waals surface area contributed by atoms with Crippen molar-refractivity contribution in [2.45, 2.75) is 13.3 Å². The fourth-order valence-corrected chi connectivity index (χ4v) is 1.25. The first-order valence-corrected chi connectivity index (χ1v) is 4.00. The molecule has 1 rings (SSSR count). The summed E-state index contributed by atoms with van der Waals surface area (Å²) in [6, 6.07) is 0. The highest BCUT2D eigenvalue weighted by Crippen LogP contribution is 2.37. The van der Waals surface area contributed by atoms with Crippen molar-refractivity contribution in [1.82, 2.24) is 4.90 Å². The average Bonchev–Trinajstić information content (AvgIpc) is 2.64. The van der Waals surface area contributed by atoms with Gasteiger partial charge in [-0.25, -0.2) is 4.79 Å². The number of nitrogens with zero attached hydrogens (tertiary/aromatic N) is 1. The molecule has 0 aromatic heterocycles. The molecule has 2 atom stereocenters. The number of carbonyl (C=O) groups excluding carboxylic acids is 1. The van der Waals surface area contributed by atoms with Crippen LogP contribution in [0.5, 0.6) is 0 Å². The van der Waals surface area contributed by atoms with Crippen molar-refractivity contribution in [3.8, 4) is 0 Å². The first kappa shape index (κ1) is 9.03. The van der Waals surface area contributed by atoms with Crippen LogP contribution in [-0.4, -0.2) is 35.5 Å². The summed E-state index contributed by atoms with van der Waals surface area (Å²) in [6.45, 7) is 2.68. The lowest BCUT2D eigenvalue weighted by atomic mass is 10.3. The number of hydrogen-bond acceptors (Lipinski definition) is 2. The minimum atomic E-state index is -1.37. The number of rotatable bonds is 2. The lowest BCUT2D eigenvalue weighted by Crippen LogP contribution is -2.34. The number of amides is 1. The maximum Gasteiger partial charge on any atom is 0.394 e. The fourth-order valence-electron chi connectivity index (χ4n) is 1.25. The number of likely N-dealkylation sites (N-methyl/N-ethyl adjacent to an activating group) is 1. The minimum Gasteiger partial charge on any atom is -0.474 e. The SMILES string of the molecule is CC1CC1CN(C)C(=O)C(=O)O. The van der Waals surface area contributed by atoms with Gasteiger partial charge in [-0.15, -0.1) is 0 Å². The molecule has 1 aliphatic carbocycles. The Hall–Kier alpha value is -1.06. The molecule has 1 aliphatic rings. The van der Waals surface area contributed by atoms with Crippen molar-refractivity contribution in [2.75, 3.05) is 13.6 Å². The molecule has 1 saturated carbocycles. The second-order valence-corrected chi connectivity index (χ2v) is 3.46. The summed E-state index contributed by atoms with van der Waals surface area (Å²) in [5.74, 6) is -1.02. The van der Waals surface area contributed by atoms with Gasteiger partial charge < -0.3 is 10.0 Å². The Kier molecular flexibility index (Phi) is 2.35. The molecule has 0 aliphatic heterocycles. The topological polar surface area (TPSA) is 57.6 Å². The second-order valence-electron chi connectivity index (χ2n) is 3.46. The van der Waals surface area contributed by atoms with Gasteiger partial charge in [-0.1, -0.05) is 6.92 Å². The van der Waals surface area contributed by atoms with Crippen LogP contribution in [0.2, 0.25) is 0 Å². The van der Waals surface area contributed by atoms with E-state index in [9.17, 15) is 9.59 Å². The van der Waals surface area contributed by atoms with Gasteiger partial charge in [0, 0.05) is 13.6 Å². The quantitative estimate of drug-likeness (QED) is 0.603. The molecule has 1 amide bonds. The minimum absolute atomic E-state index is 0.512. The van der Waals surface area contributed by atoms with Crippen molar-refractivity contribution >= 4 is 11.9 Å². The Morgan fingerprint density at radius 3 is 2.42 bits per heavy atom. The molecular formula is C8H13NO3. The van der Waals surface area contributed by atoms with Crippen LogP contribution in [0.3, 0.4) is 0 Å². The van der Waals surface area contributed by atoms with Gasteiger partial charge in [0.2, 0.25) is 0 Å². The predicted molar refractivity (Wildman–Crippen MR) is 42.5 cm³/mol. The smallest absolute Gasteiger partial charge is 0.394 e. The van der Waals surface area contributed by atoms with E-state index in [-0.39, 0.29) is 0 Å². The maximum atomic E-state index is 10.8. The molecule has 68 valence electrons. The zero-order valence-electron chi connectivity index (χ0n) is 7.28. The molecule has 0 saturated heterocycles. The third-order valence-electron chi connectivity index (χ3n) is 2.31. The first-order chi connectivity index (χ1) is 5.52. The fraction of sp³-hybridized carbons (Fsp3) is 0.750. The summed E-state index contributed by atoms with van der Waals surface area (Å²) in [5.41, 5.74) is 0. The third kappa shape index (κ3) is 1.96. The van der Waals surface area contributed by atoms with E-state index in [1.54, 1.807) is 0 Å². The zero-order valence-corrected chi connectivity index (χ0v) is 7.28. The van der Waals surface area contributed by atoms with E-state index >= 15 is 0 Å².